The van der Waals surface area contributed by atoms with Crippen LogP contribution < -0.4 is 5.32 Å². The van der Waals surface area contributed by atoms with E-state index in [2.05, 4.69) is 45.0 Å². The lowest BCUT2D eigenvalue weighted by atomic mass is 10.1. The molecule has 0 aliphatic heterocycles. The molecule has 1 atom stereocenters. The molecule has 0 amide bonds. The number of hydrogen-bond acceptors (Lipinski definition) is 3. The van der Waals surface area contributed by atoms with Crippen LogP contribution in [-0.2, 0) is 6.54 Å². The molecule has 3 heteroatoms. The molecular weight excluding hydrogens is 200 g/mol. The highest BCUT2D eigenvalue weighted by atomic mass is 16.3. The molecule has 0 aromatic carbocycles. The van der Waals surface area contributed by atoms with Crippen LogP contribution in [0.1, 0.15) is 33.5 Å². The lowest BCUT2D eigenvalue weighted by Crippen LogP contribution is -2.44. The van der Waals surface area contributed by atoms with E-state index in [0.717, 1.165) is 18.8 Å². The maximum atomic E-state index is 5.34. The minimum Gasteiger partial charge on any atom is -0.468 e. The van der Waals surface area contributed by atoms with Gasteiger partial charge in [0.1, 0.15) is 5.76 Å². The van der Waals surface area contributed by atoms with Crippen molar-refractivity contribution in [3.63, 3.8) is 0 Å². The van der Waals surface area contributed by atoms with E-state index < -0.39 is 0 Å². The Labute approximate surface area is 98.8 Å². The Bertz CT molecular complexity index is 287. The molecule has 0 spiro atoms. The van der Waals surface area contributed by atoms with Crippen molar-refractivity contribution in [2.45, 2.75) is 45.8 Å². The zero-order chi connectivity index (χ0) is 12.2. The van der Waals surface area contributed by atoms with Gasteiger partial charge in [0.2, 0.25) is 0 Å². The second-order valence-electron chi connectivity index (χ2n) is 5.47. The van der Waals surface area contributed by atoms with E-state index in [1.807, 2.05) is 12.1 Å². The van der Waals surface area contributed by atoms with Crippen LogP contribution in [0.25, 0.3) is 0 Å². The molecule has 0 radical (unpaired) electrons. The zero-order valence-corrected chi connectivity index (χ0v) is 11.1. The summed E-state index contributed by atoms with van der Waals surface area (Å²) in [4.78, 5) is 2.29. The number of furan rings is 1. The molecule has 1 aromatic rings. The molecule has 0 saturated carbocycles. The molecule has 0 aliphatic rings. The van der Waals surface area contributed by atoms with Crippen LogP contribution in [0.2, 0.25) is 0 Å². The molecule has 0 bridgehead atoms. The highest BCUT2D eigenvalue weighted by molar-refractivity contribution is 4.98. The monoisotopic (exact) mass is 224 g/mol. The van der Waals surface area contributed by atoms with Gasteiger partial charge in [-0.2, -0.15) is 0 Å². The van der Waals surface area contributed by atoms with E-state index in [-0.39, 0.29) is 5.54 Å². The molecule has 0 aliphatic carbocycles. The van der Waals surface area contributed by atoms with E-state index in [1.54, 1.807) is 6.26 Å². The summed E-state index contributed by atoms with van der Waals surface area (Å²) in [6.45, 7) is 10.6. The van der Waals surface area contributed by atoms with E-state index in [1.165, 1.54) is 0 Å². The minimum atomic E-state index is 0.180. The van der Waals surface area contributed by atoms with Gasteiger partial charge in [0.05, 0.1) is 12.8 Å². The first kappa shape index (κ1) is 13.3. The van der Waals surface area contributed by atoms with Gasteiger partial charge in [-0.3, -0.25) is 4.90 Å². The van der Waals surface area contributed by atoms with Gasteiger partial charge in [-0.15, -0.1) is 0 Å². The van der Waals surface area contributed by atoms with Crippen LogP contribution in [0.15, 0.2) is 22.8 Å². The lowest BCUT2D eigenvalue weighted by molar-refractivity contribution is 0.213. The second kappa shape index (κ2) is 5.51. The van der Waals surface area contributed by atoms with Gasteiger partial charge >= 0.3 is 0 Å². The maximum Gasteiger partial charge on any atom is 0.117 e. The molecule has 0 saturated heterocycles. The standard InChI is InChI=1S/C13H24N2O/c1-11(9-14-13(2,3)4)15(5)10-12-7-6-8-16-12/h6-8,11,14H,9-10H2,1-5H3. The first-order valence-corrected chi connectivity index (χ1v) is 5.86. The quantitative estimate of drug-likeness (QED) is 0.833. The predicted octanol–water partition coefficient (Wildman–Crippen LogP) is 2.49. The largest absolute Gasteiger partial charge is 0.468 e. The SMILES string of the molecule is CC(CNC(C)(C)C)N(C)Cc1ccco1. The molecule has 3 nitrogen and oxygen atoms in total. The summed E-state index contributed by atoms with van der Waals surface area (Å²) in [6, 6.07) is 4.44. The Kier molecular flexibility index (Phi) is 4.56. The highest BCUT2D eigenvalue weighted by Crippen LogP contribution is 2.07. The van der Waals surface area contributed by atoms with Gasteiger partial charge in [-0.25, -0.2) is 0 Å². The van der Waals surface area contributed by atoms with Crippen molar-refractivity contribution < 1.29 is 4.42 Å². The molecule has 92 valence electrons. The smallest absolute Gasteiger partial charge is 0.117 e. The first-order chi connectivity index (χ1) is 7.38. The van der Waals surface area contributed by atoms with Crippen molar-refractivity contribution in [3.8, 4) is 0 Å². The van der Waals surface area contributed by atoms with E-state index in [4.69, 9.17) is 4.42 Å². The fraction of sp³-hybridized carbons (Fsp3) is 0.692. The van der Waals surface area contributed by atoms with Gasteiger partial charge in [-0.1, -0.05) is 0 Å². The summed E-state index contributed by atoms with van der Waals surface area (Å²) >= 11 is 0. The van der Waals surface area contributed by atoms with Crippen molar-refractivity contribution in [3.05, 3.63) is 24.2 Å². The Hall–Kier alpha value is -0.800. The Morgan fingerprint density at radius 1 is 1.44 bits per heavy atom. The number of nitrogens with one attached hydrogen (secondary N) is 1. The lowest BCUT2D eigenvalue weighted by Gasteiger charge is -2.28. The maximum absolute atomic E-state index is 5.34. The number of nitrogens with zero attached hydrogens (tertiary/aromatic N) is 1. The van der Waals surface area contributed by atoms with Gasteiger partial charge in [0, 0.05) is 18.1 Å². The minimum absolute atomic E-state index is 0.180. The third kappa shape index (κ3) is 4.81. The molecule has 0 fully saturated rings. The molecule has 1 unspecified atom stereocenters. The van der Waals surface area contributed by atoms with Crippen molar-refractivity contribution >= 4 is 0 Å². The van der Waals surface area contributed by atoms with Crippen molar-refractivity contribution in [2.75, 3.05) is 13.6 Å². The van der Waals surface area contributed by atoms with Crippen molar-refractivity contribution in [2.24, 2.45) is 0 Å². The Morgan fingerprint density at radius 3 is 2.62 bits per heavy atom. The summed E-state index contributed by atoms with van der Waals surface area (Å²) in [7, 11) is 2.12. The zero-order valence-electron chi connectivity index (χ0n) is 11.1. The number of likely N-dealkylation sites (N-methyl/N-ethyl adjacent to an activating group) is 1. The van der Waals surface area contributed by atoms with Crippen molar-refractivity contribution in [1.82, 2.24) is 10.2 Å². The third-order valence-corrected chi connectivity index (χ3v) is 2.67. The Morgan fingerprint density at radius 2 is 2.12 bits per heavy atom. The average molecular weight is 224 g/mol. The fourth-order valence-corrected chi connectivity index (χ4v) is 1.41. The number of hydrogen-bond donors (Lipinski definition) is 1. The summed E-state index contributed by atoms with van der Waals surface area (Å²) in [5, 5.41) is 3.51. The predicted molar refractivity (Wildman–Crippen MR) is 67.4 cm³/mol. The van der Waals surface area contributed by atoms with Crippen LogP contribution in [0, 0.1) is 0 Å². The van der Waals surface area contributed by atoms with E-state index >= 15 is 0 Å². The third-order valence-electron chi connectivity index (χ3n) is 2.67. The van der Waals surface area contributed by atoms with Crippen LogP contribution in [0.5, 0.6) is 0 Å². The average Bonchev–Trinajstić information content (AvgIpc) is 2.65. The van der Waals surface area contributed by atoms with Crippen LogP contribution >= 0.6 is 0 Å². The first-order valence-electron chi connectivity index (χ1n) is 5.86. The molecular formula is C13H24N2O. The molecule has 16 heavy (non-hydrogen) atoms. The molecule has 1 rings (SSSR count). The fourth-order valence-electron chi connectivity index (χ4n) is 1.41. The molecule has 1 heterocycles. The Balaban J connectivity index is 2.33. The van der Waals surface area contributed by atoms with Crippen LogP contribution in [-0.4, -0.2) is 30.1 Å². The van der Waals surface area contributed by atoms with Gasteiger partial charge in [0.15, 0.2) is 0 Å². The van der Waals surface area contributed by atoms with Gasteiger partial charge < -0.3 is 9.73 Å². The summed E-state index contributed by atoms with van der Waals surface area (Å²) in [6.07, 6.45) is 1.72. The van der Waals surface area contributed by atoms with Crippen LogP contribution in [0.3, 0.4) is 0 Å². The molecule has 1 N–H and O–H groups in total. The molecule has 1 aromatic heterocycles. The van der Waals surface area contributed by atoms with Gasteiger partial charge in [0.25, 0.3) is 0 Å². The number of rotatable bonds is 5. The highest BCUT2D eigenvalue weighted by Gasteiger charge is 2.14. The second-order valence-corrected chi connectivity index (χ2v) is 5.47. The van der Waals surface area contributed by atoms with Crippen molar-refractivity contribution in [1.29, 1.82) is 0 Å². The van der Waals surface area contributed by atoms with E-state index in [0.29, 0.717) is 6.04 Å². The summed E-state index contributed by atoms with van der Waals surface area (Å²) < 4.78 is 5.34. The van der Waals surface area contributed by atoms with Gasteiger partial charge in [-0.05, 0) is 46.9 Å². The topological polar surface area (TPSA) is 28.4 Å². The summed E-state index contributed by atoms with van der Waals surface area (Å²) in [5.41, 5.74) is 0.180. The van der Waals surface area contributed by atoms with E-state index in [9.17, 15) is 0 Å². The summed E-state index contributed by atoms with van der Waals surface area (Å²) in [5.74, 6) is 1.02. The van der Waals surface area contributed by atoms with Crippen LogP contribution in [0.4, 0.5) is 0 Å². The normalized spacial score (nSPS) is 14.4.